The van der Waals surface area contributed by atoms with E-state index in [4.69, 9.17) is 4.65 Å². The Labute approximate surface area is 252 Å². The van der Waals surface area contributed by atoms with Gasteiger partial charge in [-0.1, -0.05) is 43.6 Å². The standard InChI is InChI=1S/C33H39BN2O7/c1-5-8-21(15-22-13-19(3)31(37)20(4)14-22)11-12-28-29-23(6-2)16-26-30(27(29)18-34(40)43-28)33(39)35(32(26)38)24-9-7-10-25(17-24)36(41)42/h7,9-10,13-15,17,26-28,30,37,40H,5-6,8,11-12,16,18H2,1-4H3/b21-15+/t26-,27+,28-,30-/m1/s1. The summed E-state index contributed by atoms with van der Waals surface area (Å²) in [6.45, 7) is 7.95. The summed E-state index contributed by atoms with van der Waals surface area (Å²) in [5, 5.41) is 32.4. The largest absolute Gasteiger partial charge is 0.507 e. The number of imide groups is 1. The second kappa shape index (κ2) is 12.5. The maximum Gasteiger partial charge on any atom is 0.455 e. The molecule has 2 aromatic carbocycles. The second-order valence-electron chi connectivity index (χ2n) is 12.1. The van der Waals surface area contributed by atoms with E-state index in [-0.39, 0.29) is 41.5 Å². The number of anilines is 1. The van der Waals surface area contributed by atoms with Crippen LogP contribution in [0.3, 0.4) is 0 Å². The Morgan fingerprint density at radius 2 is 1.84 bits per heavy atom. The average molecular weight is 586 g/mol. The molecule has 9 nitrogen and oxygen atoms in total. The molecule has 10 heteroatoms. The number of phenolic OH excluding ortho intramolecular Hbond substituents is 1. The van der Waals surface area contributed by atoms with Crippen molar-refractivity contribution in [1.82, 2.24) is 0 Å². The summed E-state index contributed by atoms with van der Waals surface area (Å²) in [5.41, 5.74) is 6.07. The summed E-state index contributed by atoms with van der Waals surface area (Å²) in [6.07, 6.45) is 6.37. The molecule has 0 radical (unpaired) electrons. The van der Waals surface area contributed by atoms with Gasteiger partial charge in [0.2, 0.25) is 11.8 Å². The Morgan fingerprint density at radius 1 is 1.12 bits per heavy atom. The molecule has 2 aliphatic heterocycles. The molecule has 1 aliphatic carbocycles. The van der Waals surface area contributed by atoms with Crippen LogP contribution in [0.1, 0.15) is 69.1 Å². The number of aromatic hydroxyl groups is 1. The normalized spacial score (nSPS) is 24.0. The van der Waals surface area contributed by atoms with E-state index >= 15 is 0 Å². The van der Waals surface area contributed by atoms with Gasteiger partial charge in [-0.05, 0) is 98.7 Å². The Hall–Kier alpha value is -3.76. The first-order valence-electron chi connectivity index (χ1n) is 15.2. The number of hydrogen-bond acceptors (Lipinski definition) is 7. The lowest BCUT2D eigenvalue weighted by Crippen LogP contribution is -2.46. The van der Waals surface area contributed by atoms with Crippen molar-refractivity contribution in [3.8, 4) is 5.75 Å². The van der Waals surface area contributed by atoms with Crippen LogP contribution in [-0.2, 0) is 14.2 Å². The molecule has 3 aliphatic rings. The molecule has 0 bridgehead atoms. The monoisotopic (exact) mass is 586 g/mol. The molecule has 2 heterocycles. The lowest BCUT2D eigenvalue weighted by Gasteiger charge is -2.43. The van der Waals surface area contributed by atoms with Crippen molar-refractivity contribution in [3.63, 3.8) is 0 Å². The zero-order chi connectivity index (χ0) is 31.0. The number of hydrogen-bond donors (Lipinski definition) is 2. The number of nitro benzene ring substituents is 1. The number of phenols is 1. The first-order chi connectivity index (χ1) is 20.5. The van der Waals surface area contributed by atoms with E-state index in [1.54, 1.807) is 6.07 Å². The highest BCUT2D eigenvalue weighted by molar-refractivity contribution is 6.43. The van der Waals surface area contributed by atoms with Gasteiger partial charge >= 0.3 is 7.12 Å². The van der Waals surface area contributed by atoms with Gasteiger partial charge in [-0.15, -0.1) is 0 Å². The maximum atomic E-state index is 13.9. The Kier molecular flexibility index (Phi) is 8.90. The average Bonchev–Trinajstić information content (AvgIpc) is 3.23. The molecule has 0 saturated carbocycles. The zero-order valence-electron chi connectivity index (χ0n) is 25.2. The minimum absolute atomic E-state index is 0.184. The molecule has 0 aromatic heterocycles. The Morgan fingerprint density at radius 3 is 2.49 bits per heavy atom. The number of carbonyl (C=O) groups excluding carboxylic acids is 2. The number of fused-ring (bicyclic) bond motifs is 3. The number of aryl methyl sites for hydroxylation is 2. The molecule has 2 N–H and O–H groups in total. The van der Waals surface area contributed by atoms with Crippen molar-refractivity contribution in [2.75, 3.05) is 4.90 Å². The first kappa shape index (κ1) is 30.7. The fourth-order valence-corrected chi connectivity index (χ4v) is 7.32. The summed E-state index contributed by atoms with van der Waals surface area (Å²) < 4.78 is 6.14. The molecule has 2 amide bonds. The number of nitrogens with zero attached hydrogens (tertiary/aromatic N) is 2. The molecule has 0 unspecified atom stereocenters. The predicted molar refractivity (Wildman–Crippen MR) is 165 cm³/mol. The van der Waals surface area contributed by atoms with Crippen LogP contribution in [0.25, 0.3) is 6.08 Å². The van der Waals surface area contributed by atoms with Gasteiger partial charge in [0.15, 0.2) is 0 Å². The lowest BCUT2D eigenvalue weighted by atomic mass is 9.58. The van der Waals surface area contributed by atoms with Gasteiger partial charge < -0.3 is 14.8 Å². The van der Waals surface area contributed by atoms with Crippen LogP contribution in [-0.4, -0.2) is 40.1 Å². The molecule has 43 heavy (non-hydrogen) atoms. The minimum Gasteiger partial charge on any atom is -0.507 e. The third-order valence-corrected chi connectivity index (χ3v) is 9.22. The first-order valence-corrected chi connectivity index (χ1v) is 15.2. The SMILES string of the molecule is CCC/C(=C\c1cc(C)c(O)c(C)c1)CC[C@H]1OB(O)C[C@H]2C1=C(CC)C[C@H]1C(=O)N(c3cccc([N+](=O)[O-])c3)C(=O)[C@H]12. The maximum absolute atomic E-state index is 13.9. The van der Waals surface area contributed by atoms with Crippen LogP contribution in [0.4, 0.5) is 11.4 Å². The highest BCUT2D eigenvalue weighted by atomic mass is 16.6. The van der Waals surface area contributed by atoms with E-state index in [1.807, 2.05) is 32.9 Å². The van der Waals surface area contributed by atoms with Gasteiger partial charge in [-0.3, -0.25) is 19.7 Å². The number of rotatable bonds is 9. The number of nitro groups is 1. The summed E-state index contributed by atoms with van der Waals surface area (Å²) in [4.78, 5) is 39.5. The highest BCUT2D eigenvalue weighted by Crippen LogP contribution is 2.52. The van der Waals surface area contributed by atoms with Crippen LogP contribution in [0.5, 0.6) is 5.75 Å². The van der Waals surface area contributed by atoms with Gasteiger partial charge in [0.25, 0.3) is 5.69 Å². The van der Waals surface area contributed by atoms with Gasteiger partial charge in [0.05, 0.1) is 28.6 Å². The van der Waals surface area contributed by atoms with E-state index in [0.29, 0.717) is 25.0 Å². The molecule has 2 saturated heterocycles. The third-order valence-electron chi connectivity index (χ3n) is 9.22. The summed E-state index contributed by atoms with van der Waals surface area (Å²) in [7, 11) is -1.06. The van der Waals surface area contributed by atoms with Gasteiger partial charge in [-0.25, -0.2) is 4.90 Å². The van der Waals surface area contributed by atoms with Crippen molar-refractivity contribution in [1.29, 1.82) is 0 Å². The second-order valence-corrected chi connectivity index (χ2v) is 12.1. The van der Waals surface area contributed by atoms with Crippen molar-refractivity contribution in [3.05, 3.63) is 79.9 Å². The van der Waals surface area contributed by atoms with Gasteiger partial charge in [-0.2, -0.15) is 0 Å². The lowest BCUT2D eigenvalue weighted by molar-refractivity contribution is -0.384. The van der Waals surface area contributed by atoms with Gasteiger partial charge in [0.1, 0.15) is 5.75 Å². The van der Waals surface area contributed by atoms with E-state index in [9.17, 15) is 29.8 Å². The van der Waals surface area contributed by atoms with Crippen LogP contribution in [0.2, 0.25) is 6.32 Å². The third kappa shape index (κ3) is 5.90. The number of carbonyl (C=O) groups is 2. The molecule has 4 atom stereocenters. The van der Waals surface area contributed by atoms with Crippen molar-refractivity contribution in [2.24, 2.45) is 17.8 Å². The van der Waals surface area contributed by atoms with Crippen LogP contribution < -0.4 is 4.90 Å². The molecule has 0 spiro atoms. The predicted octanol–water partition coefficient (Wildman–Crippen LogP) is 6.29. The molecular formula is C33H39BN2O7. The number of allylic oxidation sites excluding steroid dienone is 2. The quantitative estimate of drug-likeness (QED) is 0.116. The van der Waals surface area contributed by atoms with E-state index in [2.05, 4.69) is 13.0 Å². The Balaban J connectivity index is 1.43. The molecule has 5 rings (SSSR count). The topological polar surface area (TPSA) is 130 Å². The van der Waals surface area contributed by atoms with Crippen molar-refractivity contribution in [2.45, 2.75) is 78.6 Å². The van der Waals surface area contributed by atoms with E-state index in [1.165, 1.54) is 23.8 Å². The minimum atomic E-state index is -1.06. The summed E-state index contributed by atoms with van der Waals surface area (Å²) in [5.74, 6) is -1.96. The molecule has 2 fully saturated rings. The van der Waals surface area contributed by atoms with Crippen LogP contribution in [0, 0.1) is 41.7 Å². The van der Waals surface area contributed by atoms with E-state index < -0.39 is 23.9 Å². The van der Waals surface area contributed by atoms with Crippen LogP contribution >= 0.6 is 0 Å². The molecular weight excluding hydrogens is 547 g/mol. The molecule has 2 aromatic rings. The van der Waals surface area contributed by atoms with Crippen LogP contribution in [0.15, 0.2) is 53.1 Å². The number of benzene rings is 2. The smallest absolute Gasteiger partial charge is 0.455 e. The molecule has 226 valence electrons. The Bertz CT molecular complexity index is 1490. The fourth-order valence-electron chi connectivity index (χ4n) is 7.32. The highest BCUT2D eigenvalue weighted by Gasteiger charge is 2.57. The summed E-state index contributed by atoms with van der Waals surface area (Å²) >= 11 is 0. The number of amides is 2. The van der Waals surface area contributed by atoms with Crippen molar-refractivity contribution < 1.29 is 29.3 Å². The fraction of sp³-hybridized carbons (Fsp3) is 0.455. The summed E-state index contributed by atoms with van der Waals surface area (Å²) in [6, 6.07) is 9.58. The zero-order valence-corrected chi connectivity index (χ0v) is 25.2. The number of non-ortho nitro benzene ring substituents is 1. The van der Waals surface area contributed by atoms with E-state index in [0.717, 1.165) is 52.0 Å². The van der Waals surface area contributed by atoms with Gasteiger partial charge in [0, 0.05) is 12.1 Å². The van der Waals surface area contributed by atoms with Crippen molar-refractivity contribution >= 4 is 36.4 Å².